The number of hydrogen-bond donors (Lipinski definition) is 1. The summed E-state index contributed by atoms with van der Waals surface area (Å²) in [6.07, 6.45) is 1.51. The number of aromatic nitrogens is 2. The summed E-state index contributed by atoms with van der Waals surface area (Å²) in [5.41, 5.74) is 0.0590. The number of carboxylic acid groups (broad SMARTS) is 1. The summed E-state index contributed by atoms with van der Waals surface area (Å²) in [7, 11) is 0. The fourth-order valence-corrected chi connectivity index (χ4v) is 1.62. The van der Waals surface area contributed by atoms with Gasteiger partial charge in [-0.05, 0) is 29.8 Å². The number of nitrogens with zero attached hydrogens (tertiary/aromatic N) is 2. The highest BCUT2D eigenvalue weighted by molar-refractivity contribution is 9.10. The standard InChI is InChI=1S/C7H9BrN2O2/c1-4(2)10-3-9-5(6(10)8)7(11)12/h3-4H,1-2H3,(H,11,12). The highest BCUT2D eigenvalue weighted by atomic mass is 79.9. The van der Waals surface area contributed by atoms with Crippen LogP contribution < -0.4 is 0 Å². The van der Waals surface area contributed by atoms with Crippen LogP contribution in [0.25, 0.3) is 0 Å². The van der Waals surface area contributed by atoms with Gasteiger partial charge in [0.15, 0.2) is 5.69 Å². The molecular weight excluding hydrogens is 224 g/mol. The first-order chi connectivity index (χ1) is 5.54. The predicted molar refractivity (Wildman–Crippen MR) is 47.3 cm³/mol. The molecule has 0 unspecified atom stereocenters. The lowest BCUT2D eigenvalue weighted by Crippen LogP contribution is -2.02. The number of carboxylic acids is 1. The average Bonchev–Trinajstić information content (AvgIpc) is 2.30. The van der Waals surface area contributed by atoms with Crippen molar-refractivity contribution in [1.82, 2.24) is 9.55 Å². The van der Waals surface area contributed by atoms with Crippen molar-refractivity contribution in [2.45, 2.75) is 19.9 Å². The molecule has 0 atom stereocenters. The Morgan fingerprint density at radius 1 is 1.75 bits per heavy atom. The van der Waals surface area contributed by atoms with Crippen molar-refractivity contribution in [3.63, 3.8) is 0 Å². The minimum atomic E-state index is -1.01. The second-order valence-corrected chi connectivity index (χ2v) is 3.44. The van der Waals surface area contributed by atoms with Crippen LogP contribution in [0.15, 0.2) is 10.9 Å². The summed E-state index contributed by atoms with van der Waals surface area (Å²) >= 11 is 3.17. The third-order valence-corrected chi connectivity index (χ3v) is 2.28. The van der Waals surface area contributed by atoms with Crippen molar-refractivity contribution in [1.29, 1.82) is 0 Å². The lowest BCUT2D eigenvalue weighted by molar-refractivity contribution is 0.0690. The maximum absolute atomic E-state index is 10.6. The molecule has 0 amide bonds. The molecule has 1 N–H and O–H groups in total. The lowest BCUT2D eigenvalue weighted by Gasteiger charge is -2.06. The minimum Gasteiger partial charge on any atom is -0.476 e. The Kier molecular flexibility index (Phi) is 2.52. The summed E-state index contributed by atoms with van der Waals surface area (Å²) in [5.74, 6) is -1.01. The molecule has 0 aliphatic heterocycles. The van der Waals surface area contributed by atoms with E-state index in [1.807, 2.05) is 13.8 Å². The van der Waals surface area contributed by atoms with Gasteiger partial charge < -0.3 is 9.67 Å². The van der Waals surface area contributed by atoms with Gasteiger partial charge in [0.1, 0.15) is 4.60 Å². The van der Waals surface area contributed by atoms with E-state index in [1.54, 1.807) is 4.57 Å². The highest BCUT2D eigenvalue weighted by Gasteiger charge is 2.15. The smallest absolute Gasteiger partial charge is 0.357 e. The Labute approximate surface area is 78.4 Å². The molecular formula is C7H9BrN2O2. The van der Waals surface area contributed by atoms with E-state index < -0.39 is 5.97 Å². The van der Waals surface area contributed by atoms with Crippen LogP contribution in [0.2, 0.25) is 0 Å². The molecule has 1 heterocycles. The third kappa shape index (κ3) is 1.50. The molecule has 1 rings (SSSR count). The van der Waals surface area contributed by atoms with Gasteiger partial charge in [-0.3, -0.25) is 0 Å². The first kappa shape index (κ1) is 9.25. The van der Waals surface area contributed by atoms with Gasteiger partial charge in [-0.25, -0.2) is 9.78 Å². The van der Waals surface area contributed by atoms with Crippen LogP contribution in [0, 0.1) is 0 Å². The Morgan fingerprint density at radius 2 is 2.33 bits per heavy atom. The summed E-state index contributed by atoms with van der Waals surface area (Å²) in [4.78, 5) is 14.3. The van der Waals surface area contributed by atoms with Gasteiger partial charge in [0.25, 0.3) is 0 Å². The zero-order valence-electron chi connectivity index (χ0n) is 6.78. The zero-order valence-corrected chi connectivity index (χ0v) is 8.37. The molecule has 0 aliphatic carbocycles. The quantitative estimate of drug-likeness (QED) is 0.848. The van der Waals surface area contributed by atoms with Gasteiger partial charge in [-0.1, -0.05) is 0 Å². The number of imidazole rings is 1. The van der Waals surface area contributed by atoms with Crippen LogP contribution in [0.5, 0.6) is 0 Å². The van der Waals surface area contributed by atoms with Gasteiger partial charge in [0.05, 0.1) is 6.33 Å². The number of hydrogen-bond acceptors (Lipinski definition) is 2. The largest absolute Gasteiger partial charge is 0.476 e. The molecule has 12 heavy (non-hydrogen) atoms. The van der Waals surface area contributed by atoms with E-state index in [9.17, 15) is 4.79 Å². The van der Waals surface area contributed by atoms with Crippen molar-refractivity contribution >= 4 is 21.9 Å². The summed E-state index contributed by atoms with van der Waals surface area (Å²) < 4.78 is 2.27. The van der Waals surface area contributed by atoms with Crippen molar-refractivity contribution in [3.8, 4) is 0 Å². The monoisotopic (exact) mass is 232 g/mol. The molecule has 1 aromatic rings. The van der Waals surface area contributed by atoms with Gasteiger partial charge in [0.2, 0.25) is 0 Å². The molecule has 0 fully saturated rings. The molecule has 4 nitrogen and oxygen atoms in total. The first-order valence-corrected chi connectivity index (χ1v) is 4.29. The fourth-order valence-electron chi connectivity index (χ4n) is 0.850. The van der Waals surface area contributed by atoms with Gasteiger partial charge in [-0.15, -0.1) is 0 Å². The predicted octanol–water partition coefficient (Wildman–Crippen LogP) is 1.92. The molecule has 0 saturated carbocycles. The van der Waals surface area contributed by atoms with Crippen molar-refractivity contribution in [2.24, 2.45) is 0 Å². The van der Waals surface area contributed by atoms with Crippen LogP contribution >= 0.6 is 15.9 Å². The zero-order chi connectivity index (χ0) is 9.30. The molecule has 0 radical (unpaired) electrons. The number of rotatable bonds is 2. The molecule has 0 aromatic carbocycles. The van der Waals surface area contributed by atoms with Crippen molar-refractivity contribution in [2.75, 3.05) is 0 Å². The van der Waals surface area contributed by atoms with Gasteiger partial charge >= 0.3 is 5.97 Å². The topological polar surface area (TPSA) is 55.1 Å². The average molecular weight is 233 g/mol. The van der Waals surface area contributed by atoms with E-state index in [4.69, 9.17) is 5.11 Å². The maximum atomic E-state index is 10.6. The lowest BCUT2D eigenvalue weighted by atomic mass is 10.4. The van der Waals surface area contributed by atoms with E-state index in [1.165, 1.54) is 6.33 Å². The number of halogens is 1. The molecule has 0 aliphatic rings. The molecule has 5 heteroatoms. The summed E-state index contributed by atoms with van der Waals surface area (Å²) in [6, 6.07) is 0.208. The summed E-state index contributed by atoms with van der Waals surface area (Å²) in [6.45, 7) is 3.91. The van der Waals surface area contributed by atoms with Gasteiger partial charge in [-0.2, -0.15) is 0 Å². The van der Waals surface area contributed by atoms with E-state index in [-0.39, 0.29) is 11.7 Å². The van der Waals surface area contributed by atoms with Crippen molar-refractivity contribution in [3.05, 3.63) is 16.6 Å². The van der Waals surface area contributed by atoms with Crippen LogP contribution in [0.4, 0.5) is 0 Å². The third-order valence-electron chi connectivity index (χ3n) is 1.49. The molecule has 0 spiro atoms. The Hall–Kier alpha value is -0.840. The van der Waals surface area contributed by atoms with Crippen LogP contribution in [0.3, 0.4) is 0 Å². The second-order valence-electron chi connectivity index (χ2n) is 2.69. The minimum absolute atomic E-state index is 0.0590. The molecule has 0 bridgehead atoms. The Balaban J connectivity index is 3.13. The SMILES string of the molecule is CC(C)n1cnc(C(=O)O)c1Br. The second kappa shape index (κ2) is 3.26. The van der Waals surface area contributed by atoms with E-state index in [0.717, 1.165) is 0 Å². The van der Waals surface area contributed by atoms with E-state index >= 15 is 0 Å². The fraction of sp³-hybridized carbons (Fsp3) is 0.429. The number of carbonyl (C=O) groups is 1. The highest BCUT2D eigenvalue weighted by Crippen LogP contribution is 2.19. The van der Waals surface area contributed by atoms with Crippen LogP contribution in [-0.4, -0.2) is 20.6 Å². The normalized spacial score (nSPS) is 10.7. The molecule has 1 aromatic heterocycles. The Morgan fingerprint density at radius 3 is 2.58 bits per heavy atom. The summed E-state index contributed by atoms with van der Waals surface area (Å²) in [5, 5.41) is 8.65. The number of aromatic carboxylic acids is 1. The van der Waals surface area contributed by atoms with Crippen molar-refractivity contribution < 1.29 is 9.90 Å². The molecule has 0 saturated heterocycles. The van der Waals surface area contributed by atoms with Gasteiger partial charge in [0, 0.05) is 6.04 Å². The Bertz CT molecular complexity index is 306. The molecule has 66 valence electrons. The maximum Gasteiger partial charge on any atom is 0.357 e. The van der Waals surface area contributed by atoms with E-state index in [2.05, 4.69) is 20.9 Å². The first-order valence-electron chi connectivity index (χ1n) is 3.49. The van der Waals surface area contributed by atoms with E-state index in [0.29, 0.717) is 4.60 Å². The van der Waals surface area contributed by atoms with Crippen LogP contribution in [-0.2, 0) is 0 Å². The van der Waals surface area contributed by atoms with Crippen LogP contribution in [0.1, 0.15) is 30.4 Å².